The molecule has 0 bridgehead atoms. The Bertz CT molecular complexity index is 580. The summed E-state index contributed by atoms with van der Waals surface area (Å²) in [5.74, 6) is -1.70. The molecule has 0 amide bonds. The summed E-state index contributed by atoms with van der Waals surface area (Å²) in [5.41, 5.74) is 0.608. The van der Waals surface area contributed by atoms with Gasteiger partial charge in [-0.3, -0.25) is 4.68 Å². The lowest BCUT2D eigenvalue weighted by Gasteiger charge is -2.07. The zero-order valence-electron chi connectivity index (χ0n) is 9.63. The van der Waals surface area contributed by atoms with Crippen molar-refractivity contribution in [3.05, 3.63) is 47.5 Å². The molecule has 1 aromatic heterocycles. The van der Waals surface area contributed by atoms with Crippen molar-refractivity contribution < 1.29 is 19.0 Å². The van der Waals surface area contributed by atoms with E-state index in [-0.39, 0.29) is 17.9 Å². The normalized spacial score (nSPS) is 10.3. The number of halogens is 1. The number of aryl methyl sites for hydroxylation is 1. The van der Waals surface area contributed by atoms with Crippen LogP contribution in [-0.4, -0.2) is 20.9 Å². The fourth-order valence-electron chi connectivity index (χ4n) is 1.50. The zero-order chi connectivity index (χ0) is 13.1. The molecule has 0 radical (unpaired) electrons. The lowest BCUT2D eigenvalue weighted by Crippen LogP contribution is -2.03. The molecule has 0 fully saturated rings. The number of carboxylic acids is 1. The van der Waals surface area contributed by atoms with Crippen molar-refractivity contribution in [3.8, 4) is 5.75 Å². The number of carbonyl (C=O) groups is 1. The molecular formula is C12H11FN2O3. The highest BCUT2D eigenvalue weighted by Crippen LogP contribution is 2.20. The van der Waals surface area contributed by atoms with Gasteiger partial charge in [0, 0.05) is 18.8 Å². The monoisotopic (exact) mass is 250 g/mol. The molecule has 1 aromatic carbocycles. The van der Waals surface area contributed by atoms with Gasteiger partial charge in [0.1, 0.15) is 23.7 Å². The molecule has 1 N–H and O–H groups in total. The number of hydrogen-bond acceptors (Lipinski definition) is 3. The topological polar surface area (TPSA) is 64.3 Å². The highest BCUT2D eigenvalue weighted by atomic mass is 19.1. The second kappa shape index (κ2) is 4.87. The van der Waals surface area contributed by atoms with E-state index in [0.29, 0.717) is 0 Å². The van der Waals surface area contributed by atoms with Crippen LogP contribution in [0.3, 0.4) is 0 Å². The Hall–Kier alpha value is -2.37. The lowest BCUT2D eigenvalue weighted by atomic mass is 10.2. The second-order valence-electron chi connectivity index (χ2n) is 3.76. The second-order valence-corrected chi connectivity index (χ2v) is 3.76. The molecule has 0 aliphatic carbocycles. The van der Waals surface area contributed by atoms with Gasteiger partial charge in [0.25, 0.3) is 0 Å². The molecule has 0 aliphatic rings. The van der Waals surface area contributed by atoms with Crippen molar-refractivity contribution >= 4 is 5.97 Å². The van der Waals surface area contributed by atoms with Crippen molar-refractivity contribution in [2.45, 2.75) is 6.61 Å². The van der Waals surface area contributed by atoms with Gasteiger partial charge < -0.3 is 9.84 Å². The summed E-state index contributed by atoms with van der Waals surface area (Å²) in [6.45, 7) is 0.180. The third-order valence-corrected chi connectivity index (χ3v) is 2.32. The molecule has 0 aliphatic heterocycles. The van der Waals surface area contributed by atoms with Crippen LogP contribution < -0.4 is 4.74 Å². The Balaban J connectivity index is 2.16. The van der Waals surface area contributed by atoms with Gasteiger partial charge in [0.2, 0.25) is 0 Å². The van der Waals surface area contributed by atoms with Gasteiger partial charge >= 0.3 is 5.97 Å². The number of nitrogens with zero attached hydrogens (tertiary/aromatic N) is 2. The van der Waals surface area contributed by atoms with Crippen LogP contribution in [0, 0.1) is 5.82 Å². The predicted octanol–water partition coefficient (Wildman–Crippen LogP) is 1.84. The number of rotatable bonds is 4. The summed E-state index contributed by atoms with van der Waals surface area (Å²) in [6, 6.07) is 3.39. The van der Waals surface area contributed by atoms with E-state index in [9.17, 15) is 9.18 Å². The van der Waals surface area contributed by atoms with Gasteiger partial charge in [-0.15, -0.1) is 0 Å². The number of carboxylic acid groups (broad SMARTS) is 1. The minimum Gasteiger partial charge on any atom is -0.488 e. The smallest absolute Gasteiger partial charge is 0.339 e. The van der Waals surface area contributed by atoms with E-state index in [0.717, 1.165) is 17.7 Å². The summed E-state index contributed by atoms with van der Waals surface area (Å²) in [6.07, 6.45) is 3.37. The maximum absolute atomic E-state index is 12.9. The quantitative estimate of drug-likeness (QED) is 0.899. The van der Waals surface area contributed by atoms with Crippen LogP contribution in [0.2, 0.25) is 0 Å². The van der Waals surface area contributed by atoms with Crippen LogP contribution in [0.25, 0.3) is 0 Å². The van der Waals surface area contributed by atoms with Crippen LogP contribution >= 0.6 is 0 Å². The average molecular weight is 250 g/mol. The SMILES string of the molecule is Cn1cc(COc2ccc(F)cc2C(=O)O)cn1. The van der Waals surface area contributed by atoms with Crippen molar-refractivity contribution in [1.82, 2.24) is 9.78 Å². The standard InChI is InChI=1S/C12H11FN2O3/c1-15-6-8(5-14-15)7-18-11-3-2-9(13)4-10(11)12(16)17/h2-6H,7H2,1H3,(H,16,17). The minimum absolute atomic E-state index is 0.132. The van der Waals surface area contributed by atoms with Crippen LogP contribution in [0.4, 0.5) is 4.39 Å². The Morgan fingerprint density at radius 1 is 1.56 bits per heavy atom. The van der Waals surface area contributed by atoms with Crippen LogP contribution in [0.15, 0.2) is 30.6 Å². The Morgan fingerprint density at radius 2 is 2.33 bits per heavy atom. The molecule has 0 atom stereocenters. The first-order valence-electron chi connectivity index (χ1n) is 5.19. The van der Waals surface area contributed by atoms with E-state index in [2.05, 4.69) is 5.10 Å². The first-order valence-corrected chi connectivity index (χ1v) is 5.19. The third-order valence-electron chi connectivity index (χ3n) is 2.32. The van der Waals surface area contributed by atoms with Crippen molar-refractivity contribution in [1.29, 1.82) is 0 Å². The van der Waals surface area contributed by atoms with E-state index in [1.165, 1.54) is 6.07 Å². The Kier molecular flexibility index (Phi) is 3.27. The first-order chi connectivity index (χ1) is 8.56. The van der Waals surface area contributed by atoms with Crippen LogP contribution in [-0.2, 0) is 13.7 Å². The number of aromatic nitrogens is 2. The highest BCUT2D eigenvalue weighted by molar-refractivity contribution is 5.90. The lowest BCUT2D eigenvalue weighted by molar-refractivity contribution is 0.0691. The largest absolute Gasteiger partial charge is 0.488 e. The van der Waals surface area contributed by atoms with E-state index < -0.39 is 11.8 Å². The summed E-state index contributed by atoms with van der Waals surface area (Å²) >= 11 is 0. The number of aromatic carboxylic acids is 1. The van der Waals surface area contributed by atoms with Gasteiger partial charge in [-0.05, 0) is 18.2 Å². The maximum Gasteiger partial charge on any atom is 0.339 e. The first kappa shape index (κ1) is 12.1. The number of hydrogen-bond donors (Lipinski definition) is 1. The molecule has 94 valence electrons. The van der Waals surface area contributed by atoms with Crippen molar-refractivity contribution in [2.24, 2.45) is 7.05 Å². The molecule has 1 heterocycles. The van der Waals surface area contributed by atoms with Gasteiger partial charge in [-0.25, -0.2) is 9.18 Å². The van der Waals surface area contributed by atoms with Crippen LogP contribution in [0.5, 0.6) is 5.75 Å². The maximum atomic E-state index is 12.9. The van der Waals surface area contributed by atoms with Crippen LogP contribution in [0.1, 0.15) is 15.9 Å². The average Bonchev–Trinajstić information content (AvgIpc) is 2.73. The van der Waals surface area contributed by atoms with E-state index in [1.54, 1.807) is 24.1 Å². The summed E-state index contributed by atoms with van der Waals surface area (Å²) in [4.78, 5) is 10.9. The van der Waals surface area contributed by atoms with E-state index >= 15 is 0 Å². The number of ether oxygens (including phenoxy) is 1. The van der Waals surface area contributed by atoms with Gasteiger partial charge in [-0.2, -0.15) is 5.10 Å². The fraction of sp³-hybridized carbons (Fsp3) is 0.167. The summed E-state index contributed by atoms with van der Waals surface area (Å²) in [7, 11) is 1.77. The molecule has 6 heteroatoms. The Morgan fingerprint density at radius 3 is 2.94 bits per heavy atom. The predicted molar refractivity (Wildman–Crippen MR) is 60.9 cm³/mol. The van der Waals surface area contributed by atoms with E-state index in [1.807, 2.05) is 0 Å². The summed E-state index contributed by atoms with van der Waals surface area (Å²) in [5, 5.41) is 12.9. The minimum atomic E-state index is -1.23. The molecule has 0 spiro atoms. The van der Waals surface area contributed by atoms with Crippen molar-refractivity contribution in [3.63, 3.8) is 0 Å². The summed E-state index contributed by atoms with van der Waals surface area (Å²) < 4.78 is 19.9. The molecular weight excluding hydrogens is 239 g/mol. The highest BCUT2D eigenvalue weighted by Gasteiger charge is 2.12. The Labute approximate surface area is 102 Å². The molecule has 5 nitrogen and oxygen atoms in total. The van der Waals surface area contributed by atoms with Gasteiger partial charge in [0.15, 0.2) is 0 Å². The van der Waals surface area contributed by atoms with Crippen molar-refractivity contribution in [2.75, 3.05) is 0 Å². The van der Waals surface area contributed by atoms with E-state index in [4.69, 9.17) is 9.84 Å². The molecule has 0 saturated carbocycles. The third kappa shape index (κ3) is 2.65. The fourth-order valence-corrected chi connectivity index (χ4v) is 1.50. The zero-order valence-corrected chi connectivity index (χ0v) is 9.63. The molecule has 2 aromatic rings. The molecule has 0 unspecified atom stereocenters. The number of benzene rings is 1. The van der Waals surface area contributed by atoms with Gasteiger partial charge in [-0.1, -0.05) is 0 Å². The molecule has 2 rings (SSSR count). The molecule has 18 heavy (non-hydrogen) atoms. The van der Waals surface area contributed by atoms with Gasteiger partial charge in [0.05, 0.1) is 6.20 Å². The molecule has 0 saturated heterocycles.